The molecule has 0 N–H and O–H groups in total. The molecule has 0 radical (unpaired) electrons. The molecule has 156 valence electrons. The van der Waals surface area contributed by atoms with Crippen LogP contribution in [-0.2, 0) is 10.0 Å². The SMILES string of the molecule is O=S(=O)(c1ccc(I)cc1)N1CCN(c2ccc(N3CCCCCC3)nn2)CC1. The van der Waals surface area contributed by atoms with Crippen molar-refractivity contribution >= 4 is 44.2 Å². The maximum absolute atomic E-state index is 12.9. The number of anilines is 2. The Kier molecular flexibility index (Phi) is 6.55. The van der Waals surface area contributed by atoms with Crippen molar-refractivity contribution in [3.05, 3.63) is 40.0 Å². The predicted octanol–water partition coefficient (Wildman–Crippen LogP) is 2.97. The molecule has 2 aliphatic heterocycles. The molecule has 2 aliphatic rings. The number of nitrogens with zero attached hydrogens (tertiary/aromatic N) is 5. The number of hydrogen-bond acceptors (Lipinski definition) is 6. The van der Waals surface area contributed by atoms with Gasteiger partial charge in [-0.2, -0.15) is 4.31 Å². The van der Waals surface area contributed by atoms with Gasteiger partial charge >= 0.3 is 0 Å². The van der Waals surface area contributed by atoms with Gasteiger partial charge in [0.1, 0.15) is 0 Å². The van der Waals surface area contributed by atoms with Gasteiger partial charge in [0.05, 0.1) is 4.90 Å². The lowest BCUT2D eigenvalue weighted by Gasteiger charge is -2.34. The van der Waals surface area contributed by atoms with Gasteiger partial charge < -0.3 is 9.80 Å². The van der Waals surface area contributed by atoms with Crippen LogP contribution >= 0.6 is 22.6 Å². The minimum atomic E-state index is -3.45. The molecule has 29 heavy (non-hydrogen) atoms. The minimum absolute atomic E-state index is 0.355. The molecule has 3 heterocycles. The summed E-state index contributed by atoms with van der Waals surface area (Å²) in [5, 5.41) is 8.87. The van der Waals surface area contributed by atoms with Crippen molar-refractivity contribution in [3.8, 4) is 0 Å². The van der Waals surface area contributed by atoms with Crippen LogP contribution in [0.5, 0.6) is 0 Å². The third-order valence-electron chi connectivity index (χ3n) is 5.58. The molecule has 9 heteroatoms. The fourth-order valence-corrected chi connectivity index (χ4v) is 5.65. The molecule has 0 atom stereocenters. The lowest BCUT2D eigenvalue weighted by atomic mass is 10.2. The lowest BCUT2D eigenvalue weighted by Crippen LogP contribution is -2.49. The summed E-state index contributed by atoms with van der Waals surface area (Å²) in [6.45, 7) is 4.21. The molecular formula is C20H26IN5O2S. The minimum Gasteiger partial charge on any atom is -0.355 e. The number of rotatable bonds is 4. The molecule has 0 unspecified atom stereocenters. The molecule has 0 amide bonds. The van der Waals surface area contributed by atoms with Crippen molar-refractivity contribution in [1.82, 2.24) is 14.5 Å². The van der Waals surface area contributed by atoms with E-state index in [1.165, 1.54) is 25.7 Å². The van der Waals surface area contributed by atoms with E-state index in [9.17, 15) is 8.42 Å². The van der Waals surface area contributed by atoms with E-state index >= 15 is 0 Å². The zero-order valence-electron chi connectivity index (χ0n) is 16.4. The first-order valence-electron chi connectivity index (χ1n) is 10.1. The van der Waals surface area contributed by atoms with Crippen LogP contribution < -0.4 is 9.80 Å². The van der Waals surface area contributed by atoms with Crippen LogP contribution in [0.4, 0.5) is 11.6 Å². The van der Waals surface area contributed by atoms with Gasteiger partial charge in [-0.15, -0.1) is 10.2 Å². The highest BCUT2D eigenvalue weighted by molar-refractivity contribution is 14.1. The summed E-state index contributed by atoms with van der Waals surface area (Å²) in [7, 11) is -3.45. The summed E-state index contributed by atoms with van der Waals surface area (Å²) in [6.07, 6.45) is 5.00. The number of piperazine rings is 1. The summed E-state index contributed by atoms with van der Waals surface area (Å²) >= 11 is 2.18. The van der Waals surface area contributed by atoms with Gasteiger partial charge in [0.2, 0.25) is 10.0 Å². The Balaban J connectivity index is 1.38. The molecule has 2 aromatic rings. The molecule has 2 saturated heterocycles. The van der Waals surface area contributed by atoms with Crippen LogP contribution in [0.3, 0.4) is 0 Å². The Hall–Kier alpha value is -1.46. The zero-order chi connectivity index (χ0) is 20.3. The van der Waals surface area contributed by atoms with E-state index in [4.69, 9.17) is 0 Å². The van der Waals surface area contributed by atoms with Gasteiger partial charge in [0, 0.05) is 42.8 Å². The van der Waals surface area contributed by atoms with E-state index in [1.807, 2.05) is 24.3 Å². The predicted molar refractivity (Wildman–Crippen MR) is 123 cm³/mol. The first kappa shape index (κ1) is 20.8. The summed E-state index contributed by atoms with van der Waals surface area (Å²) in [5.74, 6) is 1.76. The Morgan fingerprint density at radius 1 is 0.690 bits per heavy atom. The monoisotopic (exact) mass is 527 g/mol. The van der Waals surface area contributed by atoms with Crippen molar-refractivity contribution in [1.29, 1.82) is 0 Å². The molecule has 0 saturated carbocycles. The van der Waals surface area contributed by atoms with E-state index in [2.05, 4.69) is 42.6 Å². The summed E-state index contributed by atoms with van der Waals surface area (Å²) in [4.78, 5) is 4.78. The Labute approximate surface area is 186 Å². The first-order chi connectivity index (χ1) is 14.0. The number of benzene rings is 1. The molecule has 4 rings (SSSR count). The van der Waals surface area contributed by atoms with Gasteiger partial charge in [-0.25, -0.2) is 8.42 Å². The topological polar surface area (TPSA) is 69.6 Å². The van der Waals surface area contributed by atoms with Gasteiger partial charge in [-0.1, -0.05) is 12.8 Å². The normalized spacial score (nSPS) is 19.2. The summed E-state index contributed by atoms with van der Waals surface area (Å²) in [6, 6.07) is 11.1. The molecule has 1 aromatic heterocycles. The quantitative estimate of drug-likeness (QED) is 0.570. The van der Waals surface area contributed by atoms with Crippen molar-refractivity contribution in [3.63, 3.8) is 0 Å². The number of hydrogen-bond donors (Lipinski definition) is 0. The van der Waals surface area contributed by atoms with Crippen LogP contribution in [0.15, 0.2) is 41.3 Å². The number of aromatic nitrogens is 2. The van der Waals surface area contributed by atoms with Gasteiger partial charge in [-0.3, -0.25) is 0 Å². The van der Waals surface area contributed by atoms with Crippen molar-refractivity contribution in [2.75, 3.05) is 49.1 Å². The Bertz CT molecular complexity index is 905. The van der Waals surface area contributed by atoms with E-state index < -0.39 is 10.0 Å². The molecule has 0 spiro atoms. The van der Waals surface area contributed by atoms with Crippen LogP contribution in [-0.4, -0.2) is 62.2 Å². The summed E-state index contributed by atoms with van der Waals surface area (Å²) in [5.41, 5.74) is 0. The van der Waals surface area contributed by atoms with Crippen LogP contribution in [0, 0.1) is 3.57 Å². The average Bonchev–Trinajstić information content (AvgIpc) is 3.04. The van der Waals surface area contributed by atoms with Crippen LogP contribution in [0.2, 0.25) is 0 Å². The van der Waals surface area contributed by atoms with E-state index in [0.29, 0.717) is 31.1 Å². The Morgan fingerprint density at radius 3 is 1.72 bits per heavy atom. The van der Waals surface area contributed by atoms with E-state index in [0.717, 1.165) is 28.3 Å². The molecule has 0 bridgehead atoms. The van der Waals surface area contributed by atoms with Crippen molar-refractivity contribution < 1.29 is 8.42 Å². The zero-order valence-corrected chi connectivity index (χ0v) is 19.3. The van der Waals surface area contributed by atoms with Gasteiger partial charge in [-0.05, 0) is 71.8 Å². The maximum atomic E-state index is 12.9. The average molecular weight is 527 g/mol. The van der Waals surface area contributed by atoms with Gasteiger partial charge in [0.25, 0.3) is 0 Å². The summed E-state index contributed by atoms with van der Waals surface area (Å²) < 4.78 is 28.3. The second kappa shape index (κ2) is 9.13. The van der Waals surface area contributed by atoms with E-state index in [-0.39, 0.29) is 0 Å². The van der Waals surface area contributed by atoms with Crippen molar-refractivity contribution in [2.24, 2.45) is 0 Å². The molecule has 1 aromatic carbocycles. The molecular weight excluding hydrogens is 501 g/mol. The second-order valence-corrected chi connectivity index (χ2v) is 10.7. The fourth-order valence-electron chi connectivity index (χ4n) is 3.87. The highest BCUT2D eigenvalue weighted by Crippen LogP contribution is 2.22. The second-order valence-electron chi connectivity index (χ2n) is 7.50. The third kappa shape index (κ3) is 4.83. The standard InChI is InChI=1S/C20H26IN5O2S/c21-17-5-7-18(8-6-17)29(27,28)26-15-13-25(14-16-26)20-10-9-19(22-23-20)24-11-3-1-2-4-12-24/h5-10H,1-4,11-16H2. The maximum Gasteiger partial charge on any atom is 0.243 e. The van der Waals surface area contributed by atoms with Crippen molar-refractivity contribution in [2.45, 2.75) is 30.6 Å². The molecule has 2 fully saturated rings. The largest absolute Gasteiger partial charge is 0.355 e. The number of sulfonamides is 1. The third-order valence-corrected chi connectivity index (χ3v) is 8.21. The highest BCUT2D eigenvalue weighted by atomic mass is 127. The lowest BCUT2D eigenvalue weighted by molar-refractivity contribution is 0.383. The van der Waals surface area contributed by atoms with Crippen LogP contribution in [0.1, 0.15) is 25.7 Å². The van der Waals surface area contributed by atoms with Gasteiger partial charge in [0.15, 0.2) is 11.6 Å². The van der Waals surface area contributed by atoms with E-state index in [1.54, 1.807) is 16.4 Å². The van der Waals surface area contributed by atoms with Crippen LogP contribution in [0.25, 0.3) is 0 Å². The fraction of sp³-hybridized carbons (Fsp3) is 0.500. The smallest absolute Gasteiger partial charge is 0.243 e. The Morgan fingerprint density at radius 2 is 1.21 bits per heavy atom. The number of halogens is 1. The first-order valence-corrected chi connectivity index (χ1v) is 12.7. The molecule has 0 aliphatic carbocycles. The molecule has 7 nitrogen and oxygen atoms in total. The highest BCUT2D eigenvalue weighted by Gasteiger charge is 2.29.